The quantitative estimate of drug-likeness (QED) is 0.829. The number of nitrogens with one attached hydrogen (secondary N) is 1. The predicted octanol–water partition coefficient (Wildman–Crippen LogP) is 3.36. The van der Waals surface area contributed by atoms with Crippen LogP contribution in [0.2, 0.25) is 5.02 Å². The molecule has 0 saturated carbocycles. The zero-order chi connectivity index (χ0) is 18.7. The number of amides is 1. The average Bonchev–Trinajstić information content (AvgIpc) is 2.64. The van der Waals surface area contributed by atoms with Gasteiger partial charge >= 0.3 is 5.97 Å². The second-order valence-electron chi connectivity index (χ2n) is 5.84. The summed E-state index contributed by atoms with van der Waals surface area (Å²) < 4.78 is 16.3. The highest BCUT2D eigenvalue weighted by atomic mass is 35.5. The fourth-order valence-corrected chi connectivity index (χ4v) is 2.59. The summed E-state index contributed by atoms with van der Waals surface area (Å²) in [5, 5.41) is 3.24. The summed E-state index contributed by atoms with van der Waals surface area (Å²) in [5.41, 5.74) is 1.30. The minimum absolute atomic E-state index is 0.0254. The number of para-hydroxylation sites is 2. The van der Waals surface area contributed by atoms with Crippen LogP contribution in [0.3, 0.4) is 0 Å². The van der Waals surface area contributed by atoms with Gasteiger partial charge in [0.15, 0.2) is 17.6 Å². The Bertz CT molecular complexity index is 838. The van der Waals surface area contributed by atoms with Gasteiger partial charge in [-0.05, 0) is 43.7 Å². The van der Waals surface area contributed by atoms with Crippen molar-refractivity contribution in [3.05, 3.63) is 53.1 Å². The lowest BCUT2D eigenvalue weighted by Crippen LogP contribution is -2.41. The van der Waals surface area contributed by atoms with Crippen LogP contribution >= 0.6 is 11.6 Å². The molecule has 1 aliphatic rings. The molecule has 1 amide bonds. The van der Waals surface area contributed by atoms with E-state index in [1.54, 1.807) is 43.3 Å². The Labute approximate surface area is 156 Å². The molecule has 0 saturated heterocycles. The SMILES string of the molecule is Cc1c(Cl)cccc1NC(=O)[C@@H](C)OC(=O)[C@H]1COc2ccccc2O1. The van der Waals surface area contributed by atoms with Gasteiger partial charge in [-0.3, -0.25) is 4.79 Å². The molecule has 3 rings (SSSR count). The Kier molecular flexibility index (Phi) is 5.32. The van der Waals surface area contributed by atoms with Crippen LogP contribution in [0.25, 0.3) is 0 Å². The maximum atomic E-state index is 12.3. The van der Waals surface area contributed by atoms with Crippen LogP contribution in [0.5, 0.6) is 11.5 Å². The molecular formula is C19H18ClNO5. The van der Waals surface area contributed by atoms with Crippen LogP contribution in [0.15, 0.2) is 42.5 Å². The zero-order valence-corrected chi connectivity index (χ0v) is 15.1. The molecule has 26 heavy (non-hydrogen) atoms. The van der Waals surface area contributed by atoms with Crippen LogP contribution in [-0.2, 0) is 14.3 Å². The third kappa shape index (κ3) is 3.91. The van der Waals surface area contributed by atoms with Gasteiger partial charge in [0.1, 0.15) is 6.61 Å². The predicted molar refractivity (Wildman–Crippen MR) is 96.7 cm³/mol. The van der Waals surface area contributed by atoms with Crippen LogP contribution in [0.1, 0.15) is 12.5 Å². The van der Waals surface area contributed by atoms with Gasteiger partial charge in [-0.25, -0.2) is 4.79 Å². The van der Waals surface area contributed by atoms with E-state index >= 15 is 0 Å². The monoisotopic (exact) mass is 375 g/mol. The van der Waals surface area contributed by atoms with E-state index in [1.807, 2.05) is 6.07 Å². The minimum Gasteiger partial charge on any atom is -0.485 e. The molecule has 1 aliphatic heterocycles. The average molecular weight is 376 g/mol. The zero-order valence-electron chi connectivity index (χ0n) is 14.3. The van der Waals surface area contributed by atoms with Gasteiger partial charge in [0.25, 0.3) is 5.91 Å². The fourth-order valence-electron chi connectivity index (χ4n) is 2.42. The Morgan fingerprint density at radius 3 is 2.69 bits per heavy atom. The molecular weight excluding hydrogens is 358 g/mol. The van der Waals surface area contributed by atoms with Gasteiger partial charge in [0, 0.05) is 10.7 Å². The van der Waals surface area contributed by atoms with Crippen molar-refractivity contribution in [2.75, 3.05) is 11.9 Å². The Balaban J connectivity index is 1.59. The standard InChI is InChI=1S/C19H18ClNO5/c1-11-13(20)6-5-7-14(11)21-18(22)12(2)25-19(23)17-10-24-15-8-3-4-9-16(15)26-17/h3-9,12,17H,10H2,1-2H3,(H,21,22)/t12-,17-/m1/s1. The first-order valence-corrected chi connectivity index (χ1v) is 8.48. The molecule has 2 aromatic rings. The van der Waals surface area contributed by atoms with Crippen molar-refractivity contribution in [2.45, 2.75) is 26.1 Å². The fraction of sp³-hybridized carbons (Fsp3) is 0.263. The lowest BCUT2D eigenvalue weighted by Gasteiger charge is -2.26. The van der Waals surface area contributed by atoms with Gasteiger partial charge in [-0.2, -0.15) is 0 Å². The summed E-state index contributed by atoms with van der Waals surface area (Å²) >= 11 is 6.04. The highest BCUT2D eigenvalue weighted by molar-refractivity contribution is 6.31. The molecule has 2 atom stereocenters. The van der Waals surface area contributed by atoms with E-state index in [0.29, 0.717) is 22.2 Å². The van der Waals surface area contributed by atoms with E-state index in [9.17, 15) is 9.59 Å². The van der Waals surface area contributed by atoms with Crippen molar-refractivity contribution in [1.82, 2.24) is 0 Å². The third-order valence-corrected chi connectivity index (χ3v) is 4.37. The normalized spacial score (nSPS) is 16.5. The second kappa shape index (κ2) is 7.66. The van der Waals surface area contributed by atoms with Crippen molar-refractivity contribution < 1.29 is 23.8 Å². The summed E-state index contributed by atoms with van der Waals surface area (Å²) in [6.45, 7) is 3.31. The van der Waals surface area contributed by atoms with Gasteiger partial charge < -0.3 is 19.5 Å². The molecule has 0 radical (unpaired) electrons. The number of hydrogen-bond acceptors (Lipinski definition) is 5. The van der Waals surface area contributed by atoms with Crippen molar-refractivity contribution in [3.8, 4) is 11.5 Å². The first-order chi connectivity index (χ1) is 12.5. The first-order valence-electron chi connectivity index (χ1n) is 8.10. The smallest absolute Gasteiger partial charge is 0.351 e. The van der Waals surface area contributed by atoms with Gasteiger partial charge in [-0.1, -0.05) is 29.8 Å². The number of halogens is 1. The van der Waals surface area contributed by atoms with Crippen molar-refractivity contribution in [2.24, 2.45) is 0 Å². The molecule has 0 fully saturated rings. The number of hydrogen-bond donors (Lipinski definition) is 1. The number of esters is 1. The van der Waals surface area contributed by atoms with Crippen LogP contribution in [0.4, 0.5) is 5.69 Å². The number of benzene rings is 2. The lowest BCUT2D eigenvalue weighted by atomic mass is 10.2. The lowest BCUT2D eigenvalue weighted by molar-refractivity contribution is -0.162. The summed E-state index contributed by atoms with van der Waals surface area (Å²) in [5.74, 6) is -0.0862. The molecule has 0 aliphatic carbocycles. The summed E-state index contributed by atoms with van der Waals surface area (Å²) in [4.78, 5) is 24.6. The number of fused-ring (bicyclic) bond motifs is 1. The minimum atomic E-state index is -0.998. The van der Waals surface area contributed by atoms with Gasteiger partial charge in [0.05, 0.1) is 0 Å². The molecule has 0 bridgehead atoms. The van der Waals surface area contributed by atoms with Crippen LogP contribution < -0.4 is 14.8 Å². The summed E-state index contributed by atoms with van der Waals surface area (Å²) in [6, 6.07) is 12.2. The molecule has 136 valence electrons. The van der Waals surface area contributed by atoms with Gasteiger partial charge in [0.2, 0.25) is 6.10 Å². The van der Waals surface area contributed by atoms with Crippen molar-refractivity contribution in [3.63, 3.8) is 0 Å². The van der Waals surface area contributed by atoms with E-state index in [-0.39, 0.29) is 6.61 Å². The molecule has 0 spiro atoms. The second-order valence-corrected chi connectivity index (χ2v) is 6.25. The number of carbonyl (C=O) groups excluding carboxylic acids is 2. The maximum absolute atomic E-state index is 12.3. The molecule has 1 N–H and O–H groups in total. The summed E-state index contributed by atoms with van der Waals surface area (Å²) in [6.07, 6.45) is -1.92. The molecule has 6 nitrogen and oxygen atoms in total. The van der Waals surface area contributed by atoms with Crippen molar-refractivity contribution >= 4 is 29.2 Å². The Morgan fingerprint density at radius 1 is 1.19 bits per heavy atom. The topological polar surface area (TPSA) is 73.9 Å². The maximum Gasteiger partial charge on any atom is 0.351 e. The number of anilines is 1. The number of carbonyl (C=O) groups is 2. The third-order valence-electron chi connectivity index (χ3n) is 3.96. The van der Waals surface area contributed by atoms with E-state index in [4.69, 9.17) is 25.8 Å². The molecule has 0 unspecified atom stereocenters. The molecule has 1 heterocycles. The van der Waals surface area contributed by atoms with Gasteiger partial charge in [-0.15, -0.1) is 0 Å². The number of ether oxygens (including phenoxy) is 3. The number of rotatable bonds is 4. The first kappa shape index (κ1) is 18.1. The Morgan fingerprint density at radius 2 is 1.92 bits per heavy atom. The Hall–Kier alpha value is -2.73. The molecule has 0 aromatic heterocycles. The molecule has 7 heteroatoms. The van der Waals surface area contributed by atoms with Crippen LogP contribution in [-0.4, -0.2) is 30.7 Å². The van der Waals surface area contributed by atoms with Crippen molar-refractivity contribution in [1.29, 1.82) is 0 Å². The van der Waals surface area contributed by atoms with E-state index < -0.39 is 24.1 Å². The van der Waals surface area contributed by atoms with E-state index in [1.165, 1.54) is 6.92 Å². The van der Waals surface area contributed by atoms with Crippen LogP contribution in [0, 0.1) is 6.92 Å². The van der Waals surface area contributed by atoms with E-state index in [0.717, 1.165) is 5.56 Å². The van der Waals surface area contributed by atoms with E-state index in [2.05, 4.69) is 5.32 Å². The molecule has 2 aromatic carbocycles. The highest BCUT2D eigenvalue weighted by Crippen LogP contribution is 2.31. The highest BCUT2D eigenvalue weighted by Gasteiger charge is 2.31. The largest absolute Gasteiger partial charge is 0.485 e. The summed E-state index contributed by atoms with van der Waals surface area (Å²) in [7, 11) is 0.